The molecule has 1 atom stereocenters. The molecule has 0 aliphatic carbocycles. The van der Waals surface area contributed by atoms with Crippen molar-refractivity contribution in [2.24, 2.45) is 0 Å². The number of hydrogen-bond donors (Lipinski definition) is 1. The average molecular weight is 340 g/mol. The maximum absolute atomic E-state index is 12.4. The lowest BCUT2D eigenvalue weighted by molar-refractivity contribution is 0.0933. The first-order chi connectivity index (χ1) is 12.1. The van der Waals surface area contributed by atoms with Crippen molar-refractivity contribution in [1.82, 2.24) is 20.0 Å². The van der Waals surface area contributed by atoms with Crippen LogP contribution in [0.15, 0.2) is 47.3 Å². The third kappa shape index (κ3) is 4.54. The molecular formula is C19H24N4O2. The van der Waals surface area contributed by atoms with Crippen LogP contribution in [-0.4, -0.2) is 46.3 Å². The number of nitrogens with one attached hydrogen (secondary N) is 1. The Hall–Kier alpha value is -2.47. The van der Waals surface area contributed by atoms with Crippen molar-refractivity contribution in [2.75, 3.05) is 19.6 Å². The molecule has 1 aliphatic rings. The number of hydrogen-bond acceptors (Lipinski definition) is 4. The van der Waals surface area contributed by atoms with E-state index in [1.54, 1.807) is 0 Å². The van der Waals surface area contributed by atoms with E-state index in [9.17, 15) is 9.59 Å². The molecule has 6 nitrogen and oxygen atoms in total. The highest BCUT2D eigenvalue weighted by Gasteiger charge is 2.19. The maximum Gasteiger partial charge on any atom is 0.271 e. The number of benzene rings is 1. The molecule has 1 amide bonds. The van der Waals surface area contributed by atoms with Crippen molar-refractivity contribution < 1.29 is 4.79 Å². The summed E-state index contributed by atoms with van der Waals surface area (Å²) >= 11 is 0. The minimum atomic E-state index is -0.243. The monoisotopic (exact) mass is 340 g/mol. The number of carbonyl (C=O) groups is 1. The number of amides is 1. The molecule has 2 aromatic rings. The molecule has 0 radical (unpaired) electrons. The summed E-state index contributed by atoms with van der Waals surface area (Å²) in [5, 5.41) is 7.15. The third-order valence-corrected chi connectivity index (χ3v) is 4.60. The topological polar surface area (TPSA) is 67.2 Å². The first-order valence-electron chi connectivity index (χ1n) is 8.78. The molecule has 6 heteroatoms. The first kappa shape index (κ1) is 17.4. The zero-order chi connectivity index (χ0) is 17.6. The van der Waals surface area contributed by atoms with E-state index in [0.717, 1.165) is 18.7 Å². The van der Waals surface area contributed by atoms with Gasteiger partial charge in [-0.25, -0.2) is 4.68 Å². The van der Waals surface area contributed by atoms with E-state index in [2.05, 4.69) is 22.2 Å². The Balaban J connectivity index is 1.64. The molecule has 132 valence electrons. The van der Waals surface area contributed by atoms with Crippen molar-refractivity contribution in [3.05, 3.63) is 64.1 Å². The highest BCUT2D eigenvalue weighted by Crippen LogP contribution is 2.10. The second-order valence-electron chi connectivity index (χ2n) is 6.50. The Bertz CT molecular complexity index is 766. The summed E-state index contributed by atoms with van der Waals surface area (Å²) in [6.07, 6.45) is 2.45. The quantitative estimate of drug-likeness (QED) is 0.865. The molecule has 3 rings (SSSR count). The molecule has 1 fully saturated rings. The third-order valence-electron chi connectivity index (χ3n) is 4.60. The van der Waals surface area contributed by atoms with Crippen molar-refractivity contribution >= 4 is 5.91 Å². The highest BCUT2D eigenvalue weighted by atomic mass is 16.2. The molecule has 1 aromatic carbocycles. The lowest BCUT2D eigenvalue weighted by atomic mass is 10.2. The fourth-order valence-corrected chi connectivity index (χ4v) is 3.08. The lowest BCUT2D eigenvalue weighted by Crippen LogP contribution is -2.41. The van der Waals surface area contributed by atoms with Gasteiger partial charge in [-0.05, 0) is 44.5 Å². The zero-order valence-corrected chi connectivity index (χ0v) is 14.5. The SMILES string of the molecule is CC(CNC(=O)c1ccc(=O)n(Cc2ccccc2)n1)N1CCCC1. The number of likely N-dealkylation sites (tertiary alicyclic amines) is 1. The Morgan fingerprint density at radius 1 is 1.16 bits per heavy atom. The van der Waals surface area contributed by atoms with Crippen LogP contribution in [0.2, 0.25) is 0 Å². The van der Waals surface area contributed by atoms with Gasteiger partial charge in [-0.15, -0.1) is 0 Å². The van der Waals surface area contributed by atoms with Crippen LogP contribution in [0.5, 0.6) is 0 Å². The summed E-state index contributed by atoms with van der Waals surface area (Å²) in [6.45, 7) is 5.24. The van der Waals surface area contributed by atoms with Crippen LogP contribution in [0.1, 0.15) is 35.8 Å². The predicted octanol–water partition coefficient (Wildman–Crippen LogP) is 1.51. The van der Waals surface area contributed by atoms with E-state index >= 15 is 0 Å². The molecule has 1 N–H and O–H groups in total. The number of carbonyl (C=O) groups excluding carboxylic acids is 1. The predicted molar refractivity (Wildman–Crippen MR) is 96.6 cm³/mol. The first-order valence-corrected chi connectivity index (χ1v) is 8.78. The van der Waals surface area contributed by atoms with Crippen LogP contribution in [0.3, 0.4) is 0 Å². The second-order valence-corrected chi connectivity index (χ2v) is 6.50. The second kappa shape index (κ2) is 8.07. The van der Waals surface area contributed by atoms with Crippen molar-refractivity contribution in [3.63, 3.8) is 0 Å². The largest absolute Gasteiger partial charge is 0.349 e. The summed E-state index contributed by atoms with van der Waals surface area (Å²) in [5.41, 5.74) is 1.02. The van der Waals surface area contributed by atoms with Gasteiger partial charge in [0.05, 0.1) is 6.54 Å². The van der Waals surface area contributed by atoms with E-state index < -0.39 is 0 Å². The van der Waals surface area contributed by atoms with E-state index in [-0.39, 0.29) is 17.2 Å². The van der Waals surface area contributed by atoms with E-state index in [1.165, 1.54) is 29.7 Å². The molecule has 2 heterocycles. The van der Waals surface area contributed by atoms with Gasteiger partial charge in [0.25, 0.3) is 11.5 Å². The van der Waals surface area contributed by atoms with Gasteiger partial charge in [0.1, 0.15) is 5.69 Å². The van der Waals surface area contributed by atoms with Crippen molar-refractivity contribution in [3.8, 4) is 0 Å². The molecule has 25 heavy (non-hydrogen) atoms. The smallest absolute Gasteiger partial charge is 0.271 e. The van der Waals surface area contributed by atoms with E-state index in [0.29, 0.717) is 19.1 Å². The minimum Gasteiger partial charge on any atom is -0.349 e. The van der Waals surface area contributed by atoms with Crippen LogP contribution >= 0.6 is 0 Å². The number of nitrogens with zero attached hydrogens (tertiary/aromatic N) is 3. The zero-order valence-electron chi connectivity index (χ0n) is 14.5. The van der Waals surface area contributed by atoms with Crippen LogP contribution < -0.4 is 10.9 Å². The van der Waals surface area contributed by atoms with Crippen LogP contribution in [0.25, 0.3) is 0 Å². The molecule has 0 bridgehead atoms. The Morgan fingerprint density at radius 3 is 2.60 bits per heavy atom. The number of rotatable bonds is 6. The molecular weight excluding hydrogens is 316 g/mol. The Kier molecular flexibility index (Phi) is 5.60. The van der Waals surface area contributed by atoms with Crippen molar-refractivity contribution in [2.45, 2.75) is 32.4 Å². The van der Waals surface area contributed by atoms with E-state index in [1.807, 2.05) is 30.3 Å². The molecule has 1 saturated heterocycles. The Morgan fingerprint density at radius 2 is 1.88 bits per heavy atom. The molecule has 1 aromatic heterocycles. The fraction of sp³-hybridized carbons (Fsp3) is 0.421. The molecule has 1 aliphatic heterocycles. The van der Waals surface area contributed by atoms with E-state index in [4.69, 9.17) is 0 Å². The number of aromatic nitrogens is 2. The van der Waals surface area contributed by atoms with Crippen LogP contribution in [0.4, 0.5) is 0 Å². The summed E-state index contributed by atoms with van der Waals surface area (Å²) in [6, 6.07) is 12.8. The van der Waals surface area contributed by atoms with Gasteiger partial charge in [0, 0.05) is 18.7 Å². The lowest BCUT2D eigenvalue weighted by Gasteiger charge is -2.23. The van der Waals surface area contributed by atoms with Gasteiger partial charge in [-0.3, -0.25) is 14.5 Å². The highest BCUT2D eigenvalue weighted by molar-refractivity contribution is 5.92. The summed E-state index contributed by atoms with van der Waals surface area (Å²) in [7, 11) is 0. The van der Waals surface area contributed by atoms with Crippen molar-refractivity contribution in [1.29, 1.82) is 0 Å². The van der Waals surface area contributed by atoms with Crippen LogP contribution in [0, 0.1) is 0 Å². The van der Waals surface area contributed by atoms with Gasteiger partial charge in [0.2, 0.25) is 0 Å². The molecule has 1 unspecified atom stereocenters. The Labute approximate surface area is 147 Å². The normalized spacial score (nSPS) is 15.9. The average Bonchev–Trinajstić information content (AvgIpc) is 3.17. The summed E-state index contributed by atoms with van der Waals surface area (Å²) in [4.78, 5) is 26.8. The molecule has 0 saturated carbocycles. The van der Waals surface area contributed by atoms with Gasteiger partial charge in [-0.1, -0.05) is 30.3 Å². The fourth-order valence-electron chi connectivity index (χ4n) is 3.08. The van der Waals surface area contributed by atoms with Gasteiger partial charge < -0.3 is 5.32 Å². The van der Waals surface area contributed by atoms with Gasteiger partial charge in [0.15, 0.2) is 0 Å². The standard InChI is InChI=1S/C19H24N4O2/c1-15(22-11-5-6-12-22)13-20-19(25)17-9-10-18(24)23(21-17)14-16-7-3-2-4-8-16/h2-4,7-10,15H,5-6,11-14H2,1H3,(H,20,25). The van der Waals surface area contributed by atoms with Crippen LogP contribution in [-0.2, 0) is 6.54 Å². The maximum atomic E-state index is 12.4. The van der Waals surface area contributed by atoms with Gasteiger partial charge in [-0.2, -0.15) is 5.10 Å². The van der Waals surface area contributed by atoms with Gasteiger partial charge >= 0.3 is 0 Å². The summed E-state index contributed by atoms with van der Waals surface area (Å²) in [5.74, 6) is -0.243. The molecule has 0 spiro atoms. The summed E-state index contributed by atoms with van der Waals surface area (Å²) < 4.78 is 1.33. The minimum absolute atomic E-state index is 0.217.